The third-order valence-corrected chi connectivity index (χ3v) is 4.15. The summed E-state index contributed by atoms with van der Waals surface area (Å²) in [6.07, 6.45) is 11.3. The van der Waals surface area contributed by atoms with E-state index in [0.717, 1.165) is 39.3 Å². The fraction of sp³-hybridized carbons (Fsp3) is 0. The molecule has 2 N–H and O–H groups in total. The van der Waals surface area contributed by atoms with Crippen LogP contribution in [-0.2, 0) is 0 Å². The lowest BCUT2D eigenvalue weighted by atomic mass is 10.1. The van der Waals surface area contributed by atoms with Crippen molar-refractivity contribution in [2.24, 2.45) is 0 Å². The van der Waals surface area contributed by atoms with Gasteiger partial charge in [-0.25, -0.2) is 9.97 Å². The van der Waals surface area contributed by atoms with E-state index in [-0.39, 0.29) is 0 Å². The molecule has 120 valence electrons. The van der Waals surface area contributed by atoms with Crippen LogP contribution in [0.2, 0.25) is 0 Å². The Labute approximate surface area is 143 Å². The summed E-state index contributed by atoms with van der Waals surface area (Å²) in [6, 6.07) is 11.9. The molecular weight excluding hydrogens is 312 g/mol. The van der Waals surface area contributed by atoms with Crippen LogP contribution in [0.5, 0.6) is 0 Å². The molecule has 0 amide bonds. The molecule has 0 saturated carbocycles. The molecule has 5 aromatic rings. The first-order chi connectivity index (χ1) is 12.4. The number of rotatable bonds is 3. The van der Waals surface area contributed by atoms with Crippen LogP contribution in [0, 0.1) is 0 Å². The largest absolute Gasteiger partial charge is 0.360 e. The smallest absolute Gasteiger partial charge is 0.160 e. The summed E-state index contributed by atoms with van der Waals surface area (Å²) < 4.78 is 2.00. The van der Waals surface area contributed by atoms with Gasteiger partial charge in [0.1, 0.15) is 5.82 Å². The molecule has 0 unspecified atom stereocenters. The van der Waals surface area contributed by atoms with E-state index >= 15 is 0 Å². The molecule has 0 radical (unpaired) electrons. The lowest BCUT2D eigenvalue weighted by molar-refractivity contribution is 1.18. The van der Waals surface area contributed by atoms with Gasteiger partial charge in [0, 0.05) is 48.3 Å². The first-order valence-corrected chi connectivity index (χ1v) is 7.95. The summed E-state index contributed by atoms with van der Waals surface area (Å²) >= 11 is 0. The third kappa shape index (κ3) is 2.40. The highest BCUT2D eigenvalue weighted by Crippen LogP contribution is 2.28. The number of H-pyrrole nitrogens is 1. The van der Waals surface area contributed by atoms with Crippen molar-refractivity contribution >= 4 is 28.2 Å². The number of hydrogen-bond acceptors (Lipinski definition) is 4. The molecule has 0 aromatic carbocycles. The second-order valence-electron chi connectivity index (χ2n) is 5.78. The highest BCUT2D eigenvalue weighted by Gasteiger charge is 2.09. The Morgan fingerprint density at radius 3 is 2.88 bits per heavy atom. The Morgan fingerprint density at radius 2 is 1.96 bits per heavy atom. The van der Waals surface area contributed by atoms with Crippen molar-refractivity contribution < 1.29 is 0 Å². The molecule has 0 aliphatic heterocycles. The zero-order chi connectivity index (χ0) is 16.6. The van der Waals surface area contributed by atoms with Crippen molar-refractivity contribution in [1.29, 1.82) is 0 Å². The maximum Gasteiger partial charge on any atom is 0.160 e. The van der Waals surface area contributed by atoms with Gasteiger partial charge in [0.25, 0.3) is 0 Å². The molecule has 5 rings (SSSR count). The zero-order valence-corrected chi connectivity index (χ0v) is 13.2. The van der Waals surface area contributed by atoms with E-state index < -0.39 is 0 Å². The standard InChI is InChI=1S/C19H14N6/c1-2-5-21-18(3-1)24-17-10-14(12-25-8-7-22-19(17)25)13-9-16-15(23-11-13)4-6-20-16/h1-12,20H,(H,21,24). The number of fused-ring (bicyclic) bond motifs is 2. The molecule has 0 spiro atoms. The number of anilines is 2. The summed E-state index contributed by atoms with van der Waals surface area (Å²) in [5, 5.41) is 3.35. The Hall–Kier alpha value is -3.67. The Bertz CT molecular complexity index is 1170. The highest BCUT2D eigenvalue weighted by atomic mass is 15.1. The van der Waals surface area contributed by atoms with Crippen molar-refractivity contribution in [3.8, 4) is 11.1 Å². The molecule has 0 atom stereocenters. The summed E-state index contributed by atoms with van der Waals surface area (Å²) in [7, 11) is 0. The Kier molecular flexibility index (Phi) is 3.00. The fourth-order valence-electron chi connectivity index (χ4n) is 2.95. The van der Waals surface area contributed by atoms with Crippen molar-refractivity contribution in [3.63, 3.8) is 0 Å². The quantitative estimate of drug-likeness (QED) is 0.525. The second-order valence-corrected chi connectivity index (χ2v) is 5.78. The third-order valence-electron chi connectivity index (χ3n) is 4.15. The molecule has 0 aliphatic rings. The minimum Gasteiger partial charge on any atom is -0.360 e. The van der Waals surface area contributed by atoms with Crippen LogP contribution in [0.1, 0.15) is 0 Å². The van der Waals surface area contributed by atoms with Gasteiger partial charge >= 0.3 is 0 Å². The minimum atomic E-state index is 0.780. The molecular formula is C19H14N6. The Balaban J connectivity index is 1.66. The van der Waals surface area contributed by atoms with E-state index in [9.17, 15) is 0 Å². The van der Waals surface area contributed by atoms with Gasteiger partial charge in [-0.3, -0.25) is 4.98 Å². The lowest BCUT2D eigenvalue weighted by Gasteiger charge is -2.10. The van der Waals surface area contributed by atoms with Crippen LogP contribution in [0.15, 0.2) is 73.6 Å². The molecule has 25 heavy (non-hydrogen) atoms. The monoisotopic (exact) mass is 326 g/mol. The van der Waals surface area contributed by atoms with E-state index in [1.165, 1.54) is 0 Å². The van der Waals surface area contributed by atoms with E-state index in [2.05, 4.69) is 43.6 Å². The minimum absolute atomic E-state index is 0.780. The van der Waals surface area contributed by atoms with Gasteiger partial charge in [-0.1, -0.05) is 6.07 Å². The molecule has 0 bridgehead atoms. The van der Waals surface area contributed by atoms with Gasteiger partial charge < -0.3 is 14.7 Å². The molecule has 5 aromatic heterocycles. The van der Waals surface area contributed by atoms with Gasteiger partial charge in [-0.05, 0) is 30.3 Å². The SMILES string of the molecule is c1ccc(Nc2cc(-c3cnc4cc[nH]c4c3)cn3ccnc23)nc1. The number of aromatic amines is 1. The first kappa shape index (κ1) is 13.7. The van der Waals surface area contributed by atoms with Crippen LogP contribution in [0.25, 0.3) is 27.8 Å². The predicted molar refractivity (Wildman–Crippen MR) is 97.8 cm³/mol. The molecule has 0 saturated heterocycles. The molecule has 6 heteroatoms. The van der Waals surface area contributed by atoms with Gasteiger partial charge in [0.2, 0.25) is 0 Å². The van der Waals surface area contributed by atoms with Crippen LogP contribution in [0.3, 0.4) is 0 Å². The van der Waals surface area contributed by atoms with E-state index in [4.69, 9.17) is 0 Å². The molecule has 5 heterocycles. The normalized spacial score (nSPS) is 11.2. The van der Waals surface area contributed by atoms with Crippen LogP contribution < -0.4 is 5.32 Å². The number of aromatic nitrogens is 5. The Morgan fingerprint density at radius 1 is 0.960 bits per heavy atom. The van der Waals surface area contributed by atoms with E-state index in [1.807, 2.05) is 47.3 Å². The van der Waals surface area contributed by atoms with Crippen molar-refractivity contribution in [1.82, 2.24) is 24.3 Å². The zero-order valence-electron chi connectivity index (χ0n) is 13.2. The van der Waals surface area contributed by atoms with Crippen LogP contribution in [0.4, 0.5) is 11.5 Å². The molecule has 0 aliphatic carbocycles. The number of imidazole rings is 1. The average Bonchev–Trinajstić information content (AvgIpc) is 3.31. The van der Waals surface area contributed by atoms with Gasteiger partial charge in [-0.15, -0.1) is 0 Å². The lowest BCUT2D eigenvalue weighted by Crippen LogP contribution is -1.97. The van der Waals surface area contributed by atoms with Crippen molar-refractivity contribution in [2.75, 3.05) is 5.32 Å². The van der Waals surface area contributed by atoms with Crippen LogP contribution in [-0.4, -0.2) is 24.3 Å². The highest BCUT2D eigenvalue weighted by molar-refractivity contribution is 5.83. The number of nitrogens with zero attached hydrogens (tertiary/aromatic N) is 4. The summed E-state index contributed by atoms with van der Waals surface area (Å²) in [5.41, 5.74) is 5.81. The predicted octanol–water partition coefficient (Wildman–Crippen LogP) is 4.02. The van der Waals surface area contributed by atoms with Crippen molar-refractivity contribution in [2.45, 2.75) is 0 Å². The topological polar surface area (TPSA) is 70.9 Å². The summed E-state index contributed by atoms with van der Waals surface area (Å²) in [4.78, 5) is 16.5. The molecule has 6 nitrogen and oxygen atoms in total. The summed E-state index contributed by atoms with van der Waals surface area (Å²) in [6.45, 7) is 0. The maximum atomic E-state index is 4.51. The maximum absolute atomic E-state index is 4.51. The van der Waals surface area contributed by atoms with Crippen molar-refractivity contribution in [3.05, 3.63) is 73.6 Å². The number of nitrogens with one attached hydrogen (secondary N) is 2. The molecule has 0 fully saturated rings. The number of hydrogen-bond donors (Lipinski definition) is 2. The second kappa shape index (κ2) is 5.45. The van der Waals surface area contributed by atoms with Gasteiger partial charge in [0.15, 0.2) is 5.65 Å². The first-order valence-electron chi connectivity index (χ1n) is 7.95. The number of pyridine rings is 3. The van der Waals surface area contributed by atoms with Crippen LogP contribution >= 0.6 is 0 Å². The van der Waals surface area contributed by atoms with E-state index in [1.54, 1.807) is 12.4 Å². The summed E-state index contributed by atoms with van der Waals surface area (Å²) in [5.74, 6) is 0.780. The fourth-order valence-corrected chi connectivity index (χ4v) is 2.95. The van der Waals surface area contributed by atoms with E-state index in [0.29, 0.717) is 0 Å². The van der Waals surface area contributed by atoms with Gasteiger partial charge in [-0.2, -0.15) is 0 Å². The van der Waals surface area contributed by atoms with Gasteiger partial charge in [0.05, 0.1) is 16.7 Å². The average molecular weight is 326 g/mol.